The third-order valence-electron chi connectivity index (χ3n) is 3.76. The maximum absolute atomic E-state index is 12.3. The molecule has 2 heterocycles. The van der Waals surface area contributed by atoms with Crippen molar-refractivity contribution in [2.24, 2.45) is 17.8 Å². The summed E-state index contributed by atoms with van der Waals surface area (Å²) in [6, 6.07) is 2.27. The van der Waals surface area contributed by atoms with E-state index in [0.29, 0.717) is 24.4 Å². The van der Waals surface area contributed by atoms with Gasteiger partial charge in [-0.15, -0.1) is 0 Å². The summed E-state index contributed by atoms with van der Waals surface area (Å²) >= 11 is 0. The summed E-state index contributed by atoms with van der Waals surface area (Å²) in [6.45, 7) is 2.60. The smallest absolute Gasteiger partial charge is 0.417 e. The van der Waals surface area contributed by atoms with Gasteiger partial charge in [-0.1, -0.05) is 0 Å². The van der Waals surface area contributed by atoms with Crippen LogP contribution in [0.4, 0.5) is 13.2 Å². The summed E-state index contributed by atoms with van der Waals surface area (Å²) in [5.41, 5.74) is -0.748. The molecule has 2 fully saturated rings. The molecule has 0 bridgehead atoms. The molecule has 6 heteroatoms. The van der Waals surface area contributed by atoms with E-state index in [0.717, 1.165) is 25.4 Å². The van der Waals surface area contributed by atoms with Crippen LogP contribution in [0.15, 0.2) is 18.3 Å². The van der Waals surface area contributed by atoms with Crippen molar-refractivity contribution in [1.29, 1.82) is 0 Å². The molecule has 0 aromatic carbocycles. The molecule has 1 N–H and O–H groups in total. The molecule has 2 aliphatic rings. The Bertz CT molecular complexity index is 422. The summed E-state index contributed by atoms with van der Waals surface area (Å²) in [4.78, 5) is 3.68. The number of alkyl halides is 3. The van der Waals surface area contributed by atoms with Crippen LogP contribution in [0.2, 0.25) is 0 Å². The summed E-state index contributed by atoms with van der Waals surface area (Å²) in [6.07, 6.45) is -3.53. The van der Waals surface area contributed by atoms with Gasteiger partial charge in [0.25, 0.3) is 0 Å². The molecular formula is C12H13F3N2O. The molecule has 1 saturated carbocycles. The van der Waals surface area contributed by atoms with Crippen LogP contribution in [0.1, 0.15) is 5.56 Å². The van der Waals surface area contributed by atoms with Crippen LogP contribution in [0.5, 0.6) is 5.88 Å². The minimum absolute atomic E-state index is 0.265. The van der Waals surface area contributed by atoms with Crippen LogP contribution in [-0.4, -0.2) is 24.7 Å². The van der Waals surface area contributed by atoms with E-state index >= 15 is 0 Å². The molecule has 2 unspecified atom stereocenters. The van der Waals surface area contributed by atoms with Gasteiger partial charge in [0.15, 0.2) is 0 Å². The molecule has 1 aliphatic carbocycles. The zero-order chi connectivity index (χ0) is 12.8. The lowest BCUT2D eigenvalue weighted by atomic mass is 10.3. The fourth-order valence-corrected chi connectivity index (χ4v) is 2.61. The molecule has 18 heavy (non-hydrogen) atoms. The first kappa shape index (κ1) is 11.8. The number of pyridine rings is 1. The normalized spacial score (nSPS) is 30.1. The van der Waals surface area contributed by atoms with E-state index in [-0.39, 0.29) is 5.88 Å². The third-order valence-corrected chi connectivity index (χ3v) is 3.76. The number of hydrogen-bond donors (Lipinski definition) is 1. The van der Waals surface area contributed by atoms with Crippen molar-refractivity contribution in [3.05, 3.63) is 23.9 Å². The fourth-order valence-electron chi connectivity index (χ4n) is 2.61. The Morgan fingerprint density at radius 3 is 2.56 bits per heavy atom. The first-order chi connectivity index (χ1) is 8.55. The predicted molar refractivity (Wildman–Crippen MR) is 58.1 cm³/mol. The van der Waals surface area contributed by atoms with Crippen molar-refractivity contribution >= 4 is 0 Å². The highest BCUT2D eigenvalue weighted by molar-refractivity contribution is 5.20. The van der Waals surface area contributed by atoms with E-state index < -0.39 is 11.7 Å². The van der Waals surface area contributed by atoms with Crippen molar-refractivity contribution in [2.75, 3.05) is 19.7 Å². The van der Waals surface area contributed by atoms with E-state index in [4.69, 9.17) is 4.74 Å². The zero-order valence-corrected chi connectivity index (χ0v) is 9.57. The second kappa shape index (κ2) is 4.12. The molecule has 2 atom stereocenters. The molecule has 3 rings (SSSR count). The Kier molecular flexibility index (Phi) is 2.69. The fraction of sp³-hybridized carbons (Fsp3) is 0.583. The van der Waals surface area contributed by atoms with Crippen molar-refractivity contribution < 1.29 is 17.9 Å². The molecule has 3 nitrogen and oxygen atoms in total. The molecular weight excluding hydrogens is 245 g/mol. The maximum atomic E-state index is 12.3. The van der Waals surface area contributed by atoms with Gasteiger partial charge < -0.3 is 10.1 Å². The first-order valence-electron chi connectivity index (χ1n) is 5.92. The standard InChI is InChI=1S/C12H13F3N2O/c13-12(14,15)7-1-2-11(17-3-7)18-6-10-8-4-16-5-9(8)10/h1-3,8-10,16H,4-6H2. The first-order valence-corrected chi connectivity index (χ1v) is 5.92. The van der Waals surface area contributed by atoms with Crippen molar-refractivity contribution in [2.45, 2.75) is 6.18 Å². The number of piperidine rings is 1. The SMILES string of the molecule is FC(F)(F)c1ccc(OCC2C3CNCC32)nc1. The van der Waals surface area contributed by atoms with Gasteiger partial charge in [-0.3, -0.25) is 0 Å². The van der Waals surface area contributed by atoms with Gasteiger partial charge >= 0.3 is 6.18 Å². The maximum Gasteiger partial charge on any atom is 0.417 e. The summed E-state index contributed by atoms with van der Waals surface area (Å²) in [5, 5.41) is 3.28. The minimum atomic E-state index is -4.34. The van der Waals surface area contributed by atoms with Crippen LogP contribution >= 0.6 is 0 Å². The summed E-state index contributed by atoms with van der Waals surface area (Å²) < 4.78 is 42.4. The van der Waals surface area contributed by atoms with Crippen LogP contribution in [0.25, 0.3) is 0 Å². The van der Waals surface area contributed by atoms with E-state index in [2.05, 4.69) is 10.3 Å². The average molecular weight is 258 g/mol. The Morgan fingerprint density at radius 1 is 1.28 bits per heavy atom. The van der Waals surface area contributed by atoms with Gasteiger partial charge in [0.2, 0.25) is 5.88 Å². The number of nitrogens with one attached hydrogen (secondary N) is 1. The number of rotatable bonds is 3. The van der Waals surface area contributed by atoms with Crippen LogP contribution in [-0.2, 0) is 6.18 Å². The lowest BCUT2D eigenvalue weighted by Crippen LogP contribution is -2.17. The van der Waals surface area contributed by atoms with E-state index in [9.17, 15) is 13.2 Å². The zero-order valence-electron chi connectivity index (χ0n) is 9.57. The van der Waals surface area contributed by atoms with Crippen LogP contribution < -0.4 is 10.1 Å². The van der Waals surface area contributed by atoms with Gasteiger partial charge in [0.1, 0.15) is 0 Å². The second-order valence-electron chi connectivity index (χ2n) is 4.84. The molecule has 98 valence electrons. The van der Waals surface area contributed by atoms with Crippen molar-refractivity contribution in [3.8, 4) is 5.88 Å². The monoisotopic (exact) mass is 258 g/mol. The number of ether oxygens (including phenoxy) is 1. The lowest BCUT2D eigenvalue weighted by Gasteiger charge is -2.09. The number of fused-ring (bicyclic) bond motifs is 1. The summed E-state index contributed by atoms with van der Waals surface area (Å²) in [5.74, 6) is 2.16. The molecule has 1 saturated heterocycles. The predicted octanol–water partition coefficient (Wildman–Crippen LogP) is 1.94. The quantitative estimate of drug-likeness (QED) is 0.899. The molecule has 0 spiro atoms. The Balaban J connectivity index is 1.54. The van der Waals surface area contributed by atoms with Gasteiger partial charge in [0, 0.05) is 18.2 Å². The highest BCUT2D eigenvalue weighted by Crippen LogP contribution is 2.48. The highest BCUT2D eigenvalue weighted by Gasteiger charge is 2.53. The molecule has 1 aromatic heterocycles. The molecule has 0 amide bonds. The van der Waals surface area contributed by atoms with Crippen molar-refractivity contribution in [3.63, 3.8) is 0 Å². The van der Waals surface area contributed by atoms with Gasteiger partial charge in [-0.2, -0.15) is 13.2 Å². The lowest BCUT2D eigenvalue weighted by molar-refractivity contribution is -0.137. The Labute approximate surface area is 102 Å². The topological polar surface area (TPSA) is 34.1 Å². The number of hydrogen-bond acceptors (Lipinski definition) is 3. The number of aromatic nitrogens is 1. The van der Waals surface area contributed by atoms with E-state index in [1.165, 1.54) is 6.07 Å². The second-order valence-corrected chi connectivity index (χ2v) is 4.84. The van der Waals surface area contributed by atoms with E-state index in [1.54, 1.807) is 0 Å². The molecule has 0 radical (unpaired) electrons. The largest absolute Gasteiger partial charge is 0.477 e. The molecule has 1 aliphatic heterocycles. The van der Waals surface area contributed by atoms with Crippen molar-refractivity contribution in [1.82, 2.24) is 10.3 Å². The molecule has 1 aromatic rings. The highest BCUT2D eigenvalue weighted by atomic mass is 19.4. The van der Waals surface area contributed by atoms with E-state index in [1.807, 2.05) is 0 Å². The van der Waals surface area contributed by atoms with Gasteiger partial charge in [-0.05, 0) is 31.0 Å². The van der Waals surface area contributed by atoms with Crippen LogP contribution in [0.3, 0.4) is 0 Å². The van der Waals surface area contributed by atoms with Gasteiger partial charge in [-0.25, -0.2) is 4.98 Å². The number of halogens is 3. The Morgan fingerprint density at radius 2 is 2.00 bits per heavy atom. The number of nitrogens with zero attached hydrogens (tertiary/aromatic N) is 1. The van der Waals surface area contributed by atoms with Crippen LogP contribution in [0, 0.1) is 17.8 Å². The minimum Gasteiger partial charge on any atom is -0.477 e. The summed E-state index contributed by atoms with van der Waals surface area (Å²) in [7, 11) is 0. The average Bonchev–Trinajstić information content (AvgIpc) is 2.77. The third kappa shape index (κ3) is 2.16. The van der Waals surface area contributed by atoms with Gasteiger partial charge in [0.05, 0.1) is 12.2 Å². The Hall–Kier alpha value is -1.30.